The predicted molar refractivity (Wildman–Crippen MR) is 139 cm³/mol. The van der Waals surface area contributed by atoms with E-state index in [1.54, 1.807) is 18.4 Å². The Morgan fingerprint density at radius 3 is 2.53 bits per heavy atom. The number of nitrogens with zero attached hydrogens (tertiary/aromatic N) is 1. The number of hydrogen-bond acceptors (Lipinski definition) is 4. The van der Waals surface area contributed by atoms with E-state index in [0.717, 1.165) is 22.0 Å². The van der Waals surface area contributed by atoms with Gasteiger partial charge in [0.1, 0.15) is 0 Å². The molecule has 172 valence electrons. The molecule has 0 aliphatic heterocycles. The first-order valence-corrected chi connectivity index (χ1v) is 11.2. The van der Waals surface area contributed by atoms with Crippen molar-refractivity contribution < 1.29 is 19.2 Å². The van der Waals surface area contributed by atoms with Crippen LogP contribution in [0.15, 0.2) is 67.0 Å². The van der Waals surface area contributed by atoms with Crippen molar-refractivity contribution in [2.24, 2.45) is 0 Å². The molecule has 0 amide bonds. The van der Waals surface area contributed by atoms with Crippen LogP contribution < -0.4 is 9.88 Å². The number of anilines is 1. The third kappa shape index (κ3) is 4.30. The zero-order valence-corrected chi connectivity index (χ0v) is 20.3. The van der Waals surface area contributed by atoms with Crippen molar-refractivity contribution in [3.8, 4) is 0 Å². The fourth-order valence-electron chi connectivity index (χ4n) is 4.11. The van der Waals surface area contributed by atoms with Crippen molar-refractivity contribution in [1.82, 2.24) is 4.98 Å². The topological polar surface area (TPSA) is 78.2 Å². The minimum Gasteiger partial charge on any atom is -0.501 e. The molecule has 2 aromatic heterocycles. The maximum atomic E-state index is 12.3. The molecule has 6 nitrogen and oxygen atoms in total. The van der Waals surface area contributed by atoms with Crippen molar-refractivity contribution in [1.29, 1.82) is 0 Å². The number of aryl methyl sites for hydroxylation is 2. The van der Waals surface area contributed by atoms with Crippen LogP contribution in [0.2, 0.25) is 0 Å². The molecule has 0 saturated carbocycles. The van der Waals surface area contributed by atoms with Gasteiger partial charge in [-0.2, -0.15) is 4.57 Å². The summed E-state index contributed by atoms with van der Waals surface area (Å²) in [5, 5.41) is 16.9. The predicted octanol–water partition coefficient (Wildman–Crippen LogP) is 5.49. The lowest BCUT2D eigenvalue weighted by Crippen LogP contribution is -2.38. The summed E-state index contributed by atoms with van der Waals surface area (Å²) in [6, 6.07) is 17.8. The molecule has 0 saturated heterocycles. The highest BCUT2D eigenvalue weighted by atomic mass is 32.1. The Morgan fingerprint density at radius 2 is 1.79 bits per heavy atom. The van der Waals surface area contributed by atoms with E-state index < -0.39 is 5.97 Å². The Hall–Kier alpha value is -3.97. The standard InChI is InChI=1S/C27H25N3O3S/c1-16-9-8-14-30(15-16)24(25(31)23-17(2)22(18(3)28-23)27(32)33-4)26(34)29-21-13-7-11-19-10-5-6-12-20(19)21/h5-15H,1-4H3,(H2-,28,29,31,32,34)/p+1. The summed E-state index contributed by atoms with van der Waals surface area (Å²) in [5.41, 5.74) is 4.20. The van der Waals surface area contributed by atoms with Crippen molar-refractivity contribution in [3.63, 3.8) is 0 Å². The molecule has 3 N–H and O–H groups in total. The van der Waals surface area contributed by atoms with Crippen molar-refractivity contribution in [3.05, 3.63) is 95.1 Å². The first-order chi connectivity index (χ1) is 16.3. The largest absolute Gasteiger partial charge is 0.501 e. The Morgan fingerprint density at radius 1 is 1.06 bits per heavy atom. The third-order valence-electron chi connectivity index (χ3n) is 5.75. The van der Waals surface area contributed by atoms with Crippen LogP contribution in [0.5, 0.6) is 0 Å². The first-order valence-electron chi connectivity index (χ1n) is 10.8. The number of nitrogens with one attached hydrogen (secondary N) is 2. The van der Waals surface area contributed by atoms with E-state index in [1.807, 2.05) is 73.9 Å². The maximum absolute atomic E-state index is 12.3. The number of aliphatic hydroxyl groups excluding tert-OH is 1. The van der Waals surface area contributed by atoms with Crippen molar-refractivity contribution in [2.75, 3.05) is 12.4 Å². The van der Waals surface area contributed by atoms with Gasteiger partial charge < -0.3 is 20.1 Å². The number of fused-ring (bicyclic) bond motifs is 1. The Balaban J connectivity index is 1.87. The Labute approximate surface area is 203 Å². The molecule has 0 aliphatic carbocycles. The molecular weight excluding hydrogens is 446 g/mol. The molecule has 0 fully saturated rings. The molecule has 0 radical (unpaired) electrons. The number of carbonyl (C=O) groups is 1. The molecule has 2 heterocycles. The summed E-state index contributed by atoms with van der Waals surface area (Å²) in [6.07, 6.45) is 3.71. The molecule has 0 bridgehead atoms. The van der Waals surface area contributed by atoms with Gasteiger partial charge in [-0.3, -0.25) is 0 Å². The highest BCUT2D eigenvalue weighted by Crippen LogP contribution is 2.28. The summed E-state index contributed by atoms with van der Waals surface area (Å²) in [4.78, 5) is 15.8. The van der Waals surface area contributed by atoms with Gasteiger partial charge in [0.2, 0.25) is 5.76 Å². The number of hydrogen-bond donors (Lipinski definition) is 3. The van der Waals surface area contributed by atoms with Gasteiger partial charge >= 0.3 is 5.97 Å². The highest BCUT2D eigenvalue weighted by molar-refractivity contribution is 7.81. The molecule has 0 unspecified atom stereocenters. The van der Waals surface area contributed by atoms with Gasteiger partial charge in [-0.25, -0.2) is 4.79 Å². The molecule has 0 spiro atoms. The smallest absolute Gasteiger partial charge is 0.339 e. The van der Waals surface area contributed by atoms with E-state index >= 15 is 0 Å². The van der Waals surface area contributed by atoms with Crippen LogP contribution in [0.4, 0.5) is 5.69 Å². The molecule has 34 heavy (non-hydrogen) atoms. The van der Waals surface area contributed by atoms with Gasteiger partial charge in [-0.05, 0) is 43.9 Å². The molecule has 7 heteroatoms. The monoisotopic (exact) mass is 472 g/mol. The van der Waals surface area contributed by atoms with Crippen LogP contribution in [0.3, 0.4) is 0 Å². The van der Waals surface area contributed by atoms with E-state index in [1.165, 1.54) is 7.11 Å². The fraction of sp³-hybridized carbons (Fsp3) is 0.148. The number of H-pyrrole nitrogens is 1. The summed E-state index contributed by atoms with van der Waals surface area (Å²) >= 11 is 5.82. The van der Waals surface area contributed by atoms with E-state index in [2.05, 4.69) is 10.3 Å². The second kappa shape index (κ2) is 9.49. The Bertz CT molecular complexity index is 1450. The number of benzene rings is 2. The van der Waals surface area contributed by atoms with Crippen LogP contribution in [0.1, 0.15) is 32.9 Å². The summed E-state index contributed by atoms with van der Waals surface area (Å²) < 4.78 is 6.70. The van der Waals surface area contributed by atoms with Gasteiger partial charge in [0.15, 0.2) is 17.4 Å². The summed E-state index contributed by atoms with van der Waals surface area (Å²) in [7, 11) is 1.33. The molecule has 4 aromatic rings. The average molecular weight is 473 g/mol. The van der Waals surface area contributed by atoms with E-state index in [4.69, 9.17) is 17.0 Å². The van der Waals surface area contributed by atoms with Crippen LogP contribution in [-0.4, -0.2) is 28.2 Å². The second-order valence-corrected chi connectivity index (χ2v) is 8.49. The number of aromatic amines is 1. The van der Waals surface area contributed by atoms with Gasteiger partial charge in [-0.1, -0.05) is 48.6 Å². The fourth-order valence-corrected chi connectivity index (χ4v) is 4.42. The lowest BCUT2D eigenvalue weighted by Gasteiger charge is -2.12. The maximum Gasteiger partial charge on any atom is 0.339 e. The molecule has 4 rings (SSSR count). The molecule has 2 aromatic carbocycles. The van der Waals surface area contributed by atoms with Crippen molar-refractivity contribution >= 4 is 51.1 Å². The quantitative estimate of drug-likeness (QED) is 0.118. The van der Waals surface area contributed by atoms with Crippen LogP contribution in [-0.2, 0) is 4.74 Å². The van der Waals surface area contributed by atoms with Gasteiger partial charge in [0.05, 0.1) is 18.4 Å². The van der Waals surface area contributed by atoms with E-state index in [9.17, 15) is 9.90 Å². The van der Waals surface area contributed by atoms with Crippen LogP contribution in [0.25, 0.3) is 22.2 Å². The summed E-state index contributed by atoms with van der Waals surface area (Å²) in [5.74, 6) is -0.546. The number of ether oxygens (including phenoxy) is 1. The SMILES string of the molecule is COC(=O)c1c(C)[nH]c(C(O)=C(C(=S)Nc2cccc3ccccc23)[n+]2cccc(C)c2)c1C. The number of pyridine rings is 1. The number of aromatic nitrogens is 2. The molecule has 0 aliphatic rings. The minimum atomic E-state index is -0.466. The third-order valence-corrected chi connectivity index (χ3v) is 6.04. The number of esters is 1. The molecule has 0 atom stereocenters. The second-order valence-electron chi connectivity index (χ2n) is 8.08. The highest BCUT2D eigenvalue weighted by Gasteiger charge is 2.29. The number of aliphatic hydroxyl groups is 1. The first kappa shape index (κ1) is 23.2. The van der Waals surface area contributed by atoms with Crippen LogP contribution >= 0.6 is 12.2 Å². The number of thiocarbonyl (C=S) groups is 1. The number of rotatable bonds is 5. The van der Waals surface area contributed by atoms with Crippen LogP contribution in [0, 0.1) is 20.8 Å². The zero-order valence-electron chi connectivity index (χ0n) is 19.5. The average Bonchev–Trinajstić information content (AvgIpc) is 3.12. The lowest BCUT2D eigenvalue weighted by molar-refractivity contribution is -0.576. The van der Waals surface area contributed by atoms with E-state index in [0.29, 0.717) is 33.2 Å². The number of methoxy groups -OCH3 is 1. The minimum absolute atomic E-state index is 0.0795. The zero-order chi connectivity index (χ0) is 24.4. The molecular formula is C27H26N3O3S+. The van der Waals surface area contributed by atoms with Gasteiger partial charge in [0, 0.05) is 28.4 Å². The summed E-state index contributed by atoms with van der Waals surface area (Å²) in [6.45, 7) is 5.49. The van der Waals surface area contributed by atoms with Gasteiger partial charge in [0.25, 0.3) is 5.70 Å². The van der Waals surface area contributed by atoms with Gasteiger partial charge in [-0.15, -0.1) is 0 Å². The Kier molecular flexibility index (Phi) is 6.47. The lowest BCUT2D eigenvalue weighted by atomic mass is 10.1. The number of carbonyl (C=O) groups excluding carboxylic acids is 1. The van der Waals surface area contributed by atoms with Crippen molar-refractivity contribution in [2.45, 2.75) is 20.8 Å². The van der Waals surface area contributed by atoms with E-state index in [-0.39, 0.29) is 5.76 Å². The normalized spacial score (nSPS) is 11.8.